The molecule has 45 heavy (non-hydrogen) atoms. The summed E-state index contributed by atoms with van der Waals surface area (Å²) in [6.07, 6.45) is 0. The molecule has 9 rings (SSSR count). The Labute approximate surface area is 269 Å². The fourth-order valence-electron chi connectivity index (χ4n) is 6.41. The second-order valence-electron chi connectivity index (χ2n) is 11.5. The molecule has 0 spiro atoms. The minimum atomic E-state index is -2.12. The van der Waals surface area contributed by atoms with Gasteiger partial charge in [0.15, 0.2) is 0 Å². The third-order valence-corrected chi connectivity index (χ3v) is 9.85. The molecule has 0 unspecified atom stereocenters. The lowest BCUT2D eigenvalue weighted by Crippen LogP contribution is -1.97. The van der Waals surface area contributed by atoms with Crippen LogP contribution in [-0.4, -0.2) is 9.55 Å². The molecule has 0 saturated carbocycles. The molecule has 0 fully saturated rings. The van der Waals surface area contributed by atoms with Gasteiger partial charge in [-0.1, -0.05) is 103 Å². The maximum Gasteiger partial charge on any atom is 0.145 e. The first-order chi connectivity index (χ1) is 23.4. The Morgan fingerprint density at radius 2 is 1.11 bits per heavy atom. The molecule has 7 aromatic carbocycles. The second kappa shape index (κ2) is 10.3. The molecule has 0 aliphatic heterocycles. The Hall–Kier alpha value is -5.51. The maximum absolute atomic E-state index is 7.73. The summed E-state index contributed by atoms with van der Waals surface area (Å²) < 4.78 is 27.9. The van der Waals surface area contributed by atoms with Gasteiger partial charge in [-0.3, -0.25) is 4.57 Å². The molecule has 0 amide bonds. The van der Waals surface area contributed by atoms with Crippen LogP contribution >= 0.6 is 11.3 Å². The van der Waals surface area contributed by atoms with Crippen LogP contribution in [0.4, 0.5) is 0 Å². The van der Waals surface area contributed by atoms with Crippen LogP contribution in [0.25, 0.3) is 81.3 Å². The van der Waals surface area contributed by atoms with E-state index in [2.05, 4.69) is 126 Å². The van der Waals surface area contributed by atoms with E-state index in [4.69, 9.17) is 9.10 Å². The Bertz CT molecular complexity index is 2630. The highest BCUT2D eigenvalue weighted by molar-refractivity contribution is 7.25. The van der Waals surface area contributed by atoms with Crippen molar-refractivity contribution in [2.75, 3.05) is 0 Å². The van der Waals surface area contributed by atoms with Crippen molar-refractivity contribution in [3.8, 4) is 39.3 Å². The van der Waals surface area contributed by atoms with E-state index in [9.17, 15) is 0 Å². The van der Waals surface area contributed by atoms with Crippen LogP contribution in [0.5, 0.6) is 0 Å². The lowest BCUT2D eigenvalue weighted by atomic mass is 10.0. The van der Waals surface area contributed by atoms with Crippen LogP contribution in [0.3, 0.4) is 0 Å². The summed E-state index contributed by atoms with van der Waals surface area (Å²) in [4.78, 5) is 5.27. The van der Waals surface area contributed by atoms with E-state index in [0.29, 0.717) is 5.56 Å². The van der Waals surface area contributed by atoms with E-state index >= 15 is 0 Å². The van der Waals surface area contributed by atoms with Gasteiger partial charge in [0.2, 0.25) is 0 Å². The third-order valence-electron chi connectivity index (χ3n) is 8.70. The van der Waals surface area contributed by atoms with Gasteiger partial charge in [-0.2, -0.15) is 0 Å². The van der Waals surface area contributed by atoms with Crippen LogP contribution in [0, 0.1) is 6.85 Å². The number of imidazole rings is 1. The van der Waals surface area contributed by atoms with E-state index in [1.54, 1.807) is 23.5 Å². The van der Waals surface area contributed by atoms with Gasteiger partial charge in [0.25, 0.3) is 0 Å². The summed E-state index contributed by atoms with van der Waals surface area (Å²) >= 11 is 1.78. The smallest absolute Gasteiger partial charge is 0.145 e. The zero-order valence-electron chi connectivity index (χ0n) is 27.2. The molecule has 0 saturated heterocycles. The predicted molar refractivity (Wildman–Crippen MR) is 193 cm³/mol. The number of hydrogen-bond acceptors (Lipinski definition) is 2. The third kappa shape index (κ3) is 4.44. The number of benzene rings is 7. The van der Waals surface area contributed by atoms with Crippen molar-refractivity contribution in [2.45, 2.75) is 6.85 Å². The Balaban J connectivity index is 1.21. The van der Waals surface area contributed by atoms with Gasteiger partial charge in [0, 0.05) is 35.5 Å². The van der Waals surface area contributed by atoms with E-state index in [1.165, 1.54) is 42.1 Å². The summed E-state index contributed by atoms with van der Waals surface area (Å²) in [5.41, 5.74) is 8.88. The topological polar surface area (TPSA) is 17.8 Å². The SMILES string of the molecule is [2H]C([2H])([2H])c1ccc(-c2ccc3sc4ccc(-c5nc6cc7ccccc7cc6n5-c5ccc(-c6ccccc6)cc5)cc4c3c2)cc1. The van der Waals surface area contributed by atoms with Crippen LogP contribution in [0.1, 0.15) is 9.68 Å². The Kier molecular flexibility index (Phi) is 5.25. The predicted octanol–water partition coefficient (Wildman–Crippen LogP) is 11.9. The Morgan fingerprint density at radius 3 is 1.84 bits per heavy atom. The molecule has 2 nitrogen and oxygen atoms in total. The van der Waals surface area contributed by atoms with Crippen LogP contribution in [-0.2, 0) is 0 Å². The van der Waals surface area contributed by atoms with E-state index in [0.717, 1.165) is 39.2 Å². The van der Waals surface area contributed by atoms with E-state index < -0.39 is 6.85 Å². The van der Waals surface area contributed by atoms with Crippen LogP contribution < -0.4 is 0 Å². The molecule has 0 atom stereocenters. The lowest BCUT2D eigenvalue weighted by molar-refractivity contribution is 1.10. The highest BCUT2D eigenvalue weighted by Gasteiger charge is 2.17. The molecule has 0 N–H and O–H groups in total. The Morgan fingerprint density at radius 1 is 0.533 bits per heavy atom. The number of thiophene rings is 1. The normalized spacial score (nSPS) is 12.9. The van der Waals surface area contributed by atoms with Crippen molar-refractivity contribution in [2.24, 2.45) is 0 Å². The van der Waals surface area contributed by atoms with E-state index in [-0.39, 0.29) is 0 Å². The fourth-order valence-corrected chi connectivity index (χ4v) is 7.48. The molecular formula is C42H28N2S. The number of aryl methyl sites for hydroxylation is 1. The molecule has 3 heteroatoms. The minimum absolute atomic E-state index is 0.350. The molecule has 0 bridgehead atoms. The number of fused-ring (bicyclic) bond motifs is 5. The van der Waals surface area contributed by atoms with Crippen molar-refractivity contribution in [1.29, 1.82) is 0 Å². The number of aromatic nitrogens is 2. The zero-order chi connectivity index (χ0) is 32.4. The average Bonchev–Trinajstić information content (AvgIpc) is 3.68. The van der Waals surface area contributed by atoms with Crippen molar-refractivity contribution in [3.63, 3.8) is 0 Å². The van der Waals surface area contributed by atoms with Crippen LogP contribution in [0.15, 0.2) is 152 Å². The summed E-state index contributed by atoms with van der Waals surface area (Å²) in [6.45, 7) is -2.12. The second-order valence-corrected chi connectivity index (χ2v) is 12.6. The standard InChI is InChI=1S/C42H28N2S/c1-27-11-13-30(14-12-27)33-17-21-40-36(23-33)37-24-34(18-22-41(37)45-40)42-43-38-25-31-9-5-6-10-32(31)26-39(38)44(42)35-19-15-29(16-20-35)28-7-3-2-4-8-28/h2-26H,1H3/i1D3. The van der Waals surface area contributed by atoms with Gasteiger partial charge in [0.05, 0.1) is 11.0 Å². The largest absolute Gasteiger partial charge is 0.292 e. The lowest BCUT2D eigenvalue weighted by Gasteiger charge is -2.12. The monoisotopic (exact) mass is 595 g/mol. The zero-order valence-corrected chi connectivity index (χ0v) is 25.1. The quantitative estimate of drug-likeness (QED) is 0.198. The van der Waals surface area contributed by atoms with Gasteiger partial charge in [-0.15, -0.1) is 11.3 Å². The number of nitrogens with zero attached hydrogens (tertiary/aromatic N) is 2. The summed E-state index contributed by atoms with van der Waals surface area (Å²) in [5, 5.41) is 4.70. The fraction of sp³-hybridized carbons (Fsp3) is 0.0238. The maximum atomic E-state index is 7.73. The van der Waals surface area contributed by atoms with Gasteiger partial charge in [0.1, 0.15) is 5.82 Å². The van der Waals surface area contributed by atoms with Crippen molar-refractivity contribution < 1.29 is 4.11 Å². The summed E-state index contributed by atoms with van der Waals surface area (Å²) in [6, 6.07) is 52.4. The first-order valence-electron chi connectivity index (χ1n) is 16.5. The van der Waals surface area contributed by atoms with Crippen molar-refractivity contribution >= 4 is 53.3 Å². The number of rotatable bonds is 4. The van der Waals surface area contributed by atoms with E-state index in [1.807, 2.05) is 18.2 Å². The molecule has 9 aromatic rings. The first-order valence-corrected chi connectivity index (χ1v) is 15.9. The highest BCUT2D eigenvalue weighted by atomic mass is 32.1. The first kappa shape index (κ1) is 22.9. The molecule has 0 radical (unpaired) electrons. The average molecular weight is 596 g/mol. The molecule has 212 valence electrons. The van der Waals surface area contributed by atoms with Crippen molar-refractivity contribution in [3.05, 3.63) is 157 Å². The van der Waals surface area contributed by atoms with Crippen molar-refractivity contribution in [1.82, 2.24) is 9.55 Å². The molecule has 0 aliphatic carbocycles. The molecule has 2 heterocycles. The van der Waals surface area contributed by atoms with Gasteiger partial charge in [-0.25, -0.2) is 4.98 Å². The summed E-state index contributed by atoms with van der Waals surface area (Å²) in [5.74, 6) is 0.894. The molecule has 0 aliphatic rings. The molecular weight excluding hydrogens is 565 g/mol. The van der Waals surface area contributed by atoms with Gasteiger partial charge in [-0.05, 0) is 94.5 Å². The minimum Gasteiger partial charge on any atom is -0.292 e. The van der Waals surface area contributed by atoms with Crippen LogP contribution in [0.2, 0.25) is 0 Å². The highest BCUT2D eigenvalue weighted by Crippen LogP contribution is 2.40. The molecule has 2 aromatic heterocycles. The van der Waals surface area contributed by atoms with Gasteiger partial charge >= 0.3 is 0 Å². The van der Waals surface area contributed by atoms with Gasteiger partial charge < -0.3 is 0 Å². The summed E-state index contributed by atoms with van der Waals surface area (Å²) in [7, 11) is 0. The number of hydrogen-bond donors (Lipinski definition) is 0.